The van der Waals surface area contributed by atoms with E-state index in [1.54, 1.807) is 45.0 Å². The van der Waals surface area contributed by atoms with Crippen molar-refractivity contribution in [3.63, 3.8) is 0 Å². The van der Waals surface area contributed by atoms with Crippen LogP contribution >= 0.6 is 0 Å². The van der Waals surface area contributed by atoms with Gasteiger partial charge in [0.1, 0.15) is 17.2 Å². The number of carbonyl (C=O) groups excluding carboxylic acids is 3. The minimum Gasteiger partial charge on any atom is -0.507 e. The maximum atomic E-state index is 13.5. The van der Waals surface area contributed by atoms with Crippen LogP contribution in [0.3, 0.4) is 0 Å². The molecule has 0 radical (unpaired) electrons. The Kier molecular flexibility index (Phi) is 8.53. The molecule has 2 aromatic rings. The first-order valence-corrected chi connectivity index (χ1v) is 12.9. The standard InChI is InChI=1S/C28H35N3O7/c1-5-38-28(35)23-17(2)21(18(3)29-23)25(32)22-24(19-9-6-7-10-20(19)36-4)31(27(34)26(22)33)12-8-11-30-13-15-37-16-14-30/h6-7,9-10,24,29,32H,5,8,11-16H2,1-4H3. The second kappa shape index (κ2) is 11.8. The van der Waals surface area contributed by atoms with E-state index >= 15 is 0 Å². The molecule has 1 aromatic carbocycles. The molecule has 0 bridgehead atoms. The maximum Gasteiger partial charge on any atom is 0.355 e. The van der Waals surface area contributed by atoms with Gasteiger partial charge >= 0.3 is 5.97 Å². The number of benzene rings is 1. The van der Waals surface area contributed by atoms with E-state index in [-0.39, 0.29) is 23.6 Å². The molecule has 1 atom stereocenters. The molecular weight excluding hydrogens is 490 g/mol. The van der Waals surface area contributed by atoms with Gasteiger partial charge < -0.3 is 29.2 Å². The molecule has 10 heteroatoms. The minimum atomic E-state index is -0.851. The summed E-state index contributed by atoms with van der Waals surface area (Å²) in [5.41, 5.74) is 1.99. The number of aromatic amines is 1. The van der Waals surface area contributed by atoms with Gasteiger partial charge in [-0.1, -0.05) is 18.2 Å². The monoisotopic (exact) mass is 525 g/mol. The molecular formula is C28H35N3O7. The van der Waals surface area contributed by atoms with Crippen LogP contribution in [0.4, 0.5) is 0 Å². The number of H-pyrrole nitrogens is 1. The summed E-state index contributed by atoms with van der Waals surface area (Å²) in [5.74, 6) is -1.85. The Morgan fingerprint density at radius 1 is 1.16 bits per heavy atom. The van der Waals surface area contributed by atoms with Crippen molar-refractivity contribution >= 4 is 23.4 Å². The number of methoxy groups -OCH3 is 1. The Balaban J connectivity index is 1.77. The highest BCUT2D eigenvalue weighted by Crippen LogP contribution is 2.43. The number of amides is 1. The summed E-state index contributed by atoms with van der Waals surface area (Å²) in [6.07, 6.45) is 0.647. The number of carbonyl (C=O) groups is 3. The van der Waals surface area contributed by atoms with Crippen LogP contribution in [0.15, 0.2) is 29.8 Å². The molecule has 1 amide bonds. The highest BCUT2D eigenvalue weighted by Gasteiger charge is 2.47. The Labute approximate surface area is 222 Å². The van der Waals surface area contributed by atoms with E-state index < -0.39 is 23.7 Å². The number of aromatic nitrogens is 1. The second-order valence-corrected chi connectivity index (χ2v) is 9.39. The van der Waals surface area contributed by atoms with Gasteiger partial charge in [0, 0.05) is 43.0 Å². The fraction of sp³-hybridized carbons (Fsp3) is 0.464. The molecule has 2 N–H and O–H groups in total. The molecule has 4 rings (SSSR count). The van der Waals surface area contributed by atoms with Gasteiger partial charge in [0.2, 0.25) is 0 Å². The van der Waals surface area contributed by atoms with Crippen LogP contribution in [-0.4, -0.2) is 90.7 Å². The molecule has 10 nitrogen and oxygen atoms in total. The first kappa shape index (κ1) is 27.4. The predicted octanol–water partition coefficient (Wildman–Crippen LogP) is 2.96. The van der Waals surface area contributed by atoms with Crippen molar-refractivity contribution in [2.45, 2.75) is 33.2 Å². The van der Waals surface area contributed by atoms with Crippen LogP contribution in [0.1, 0.15) is 52.3 Å². The normalized spacial score (nSPS) is 19.7. The van der Waals surface area contributed by atoms with E-state index in [1.807, 2.05) is 0 Å². The summed E-state index contributed by atoms with van der Waals surface area (Å²) in [6.45, 7) is 9.34. The first-order chi connectivity index (χ1) is 18.3. The van der Waals surface area contributed by atoms with Gasteiger partial charge in [0.05, 0.1) is 38.5 Å². The summed E-state index contributed by atoms with van der Waals surface area (Å²) in [7, 11) is 1.52. The van der Waals surface area contributed by atoms with Crippen molar-refractivity contribution in [2.24, 2.45) is 0 Å². The van der Waals surface area contributed by atoms with Crippen molar-refractivity contribution in [3.05, 3.63) is 57.9 Å². The minimum absolute atomic E-state index is 0.0357. The molecule has 204 valence electrons. The number of hydrogen-bond acceptors (Lipinski definition) is 8. The van der Waals surface area contributed by atoms with Gasteiger partial charge in [0.25, 0.3) is 11.7 Å². The Hall–Kier alpha value is -3.63. The van der Waals surface area contributed by atoms with Gasteiger partial charge in [-0.05, 0) is 38.8 Å². The summed E-state index contributed by atoms with van der Waals surface area (Å²) in [4.78, 5) is 46.0. The maximum absolute atomic E-state index is 13.5. The number of aliphatic hydroxyl groups is 1. The van der Waals surface area contributed by atoms with E-state index in [2.05, 4.69) is 9.88 Å². The summed E-state index contributed by atoms with van der Waals surface area (Å²) < 4.78 is 16.1. The fourth-order valence-corrected chi connectivity index (χ4v) is 5.26. The van der Waals surface area contributed by atoms with Crippen molar-refractivity contribution in [3.8, 4) is 5.75 Å². The van der Waals surface area contributed by atoms with Crippen LogP contribution < -0.4 is 4.74 Å². The number of hydrogen-bond donors (Lipinski definition) is 2. The van der Waals surface area contributed by atoms with Crippen LogP contribution in [0.2, 0.25) is 0 Å². The number of rotatable bonds is 9. The number of ether oxygens (including phenoxy) is 3. The molecule has 0 aliphatic carbocycles. The average Bonchev–Trinajstić information content (AvgIpc) is 3.36. The zero-order valence-corrected chi connectivity index (χ0v) is 22.3. The van der Waals surface area contributed by atoms with E-state index in [0.29, 0.717) is 54.3 Å². The third kappa shape index (κ3) is 5.19. The van der Waals surface area contributed by atoms with Gasteiger partial charge in [-0.25, -0.2) is 4.79 Å². The third-order valence-electron chi connectivity index (χ3n) is 7.10. The summed E-state index contributed by atoms with van der Waals surface area (Å²) in [5, 5.41) is 11.6. The lowest BCUT2D eigenvalue weighted by molar-refractivity contribution is -0.140. The third-order valence-corrected chi connectivity index (χ3v) is 7.10. The molecule has 2 aliphatic heterocycles. The number of likely N-dealkylation sites (tertiary alicyclic amines) is 1. The topological polar surface area (TPSA) is 121 Å². The molecule has 0 saturated carbocycles. The second-order valence-electron chi connectivity index (χ2n) is 9.39. The first-order valence-electron chi connectivity index (χ1n) is 12.9. The van der Waals surface area contributed by atoms with Crippen LogP contribution in [0.25, 0.3) is 5.76 Å². The SMILES string of the molecule is CCOC(=O)c1[nH]c(C)c(C(O)=C2C(=O)C(=O)N(CCCN3CCOCC3)C2c2ccccc2OC)c1C. The zero-order valence-electron chi connectivity index (χ0n) is 22.3. The number of nitrogens with one attached hydrogen (secondary N) is 1. The van der Waals surface area contributed by atoms with Gasteiger partial charge in [0.15, 0.2) is 0 Å². The number of aryl methyl sites for hydroxylation is 1. The van der Waals surface area contributed by atoms with E-state index in [4.69, 9.17) is 14.2 Å². The van der Waals surface area contributed by atoms with Crippen molar-refractivity contribution in [1.82, 2.24) is 14.8 Å². The van der Waals surface area contributed by atoms with Crippen LogP contribution in [0, 0.1) is 13.8 Å². The molecule has 2 aliphatic rings. The number of Topliss-reactive ketones (excluding diaryl/α,β-unsaturated/α-hetero) is 1. The highest BCUT2D eigenvalue weighted by atomic mass is 16.5. The number of esters is 1. The van der Waals surface area contributed by atoms with Crippen molar-refractivity contribution in [2.75, 3.05) is 53.1 Å². The van der Waals surface area contributed by atoms with Gasteiger partial charge in [-0.2, -0.15) is 0 Å². The molecule has 0 spiro atoms. The largest absolute Gasteiger partial charge is 0.507 e. The molecule has 3 heterocycles. The number of para-hydroxylation sites is 1. The number of ketones is 1. The molecule has 1 aromatic heterocycles. The smallest absolute Gasteiger partial charge is 0.355 e. The van der Waals surface area contributed by atoms with Crippen molar-refractivity contribution in [1.29, 1.82) is 0 Å². The number of nitrogens with zero attached hydrogens (tertiary/aromatic N) is 2. The quantitative estimate of drug-likeness (QED) is 0.222. The predicted molar refractivity (Wildman–Crippen MR) is 140 cm³/mol. The Morgan fingerprint density at radius 2 is 1.87 bits per heavy atom. The summed E-state index contributed by atoms with van der Waals surface area (Å²) in [6, 6.07) is 6.31. The molecule has 1 unspecified atom stereocenters. The lowest BCUT2D eigenvalue weighted by Crippen LogP contribution is -2.39. The Bertz CT molecular complexity index is 1240. The number of morpholine rings is 1. The highest BCUT2D eigenvalue weighted by molar-refractivity contribution is 6.46. The van der Waals surface area contributed by atoms with E-state index in [9.17, 15) is 19.5 Å². The van der Waals surface area contributed by atoms with E-state index in [0.717, 1.165) is 19.6 Å². The fourth-order valence-electron chi connectivity index (χ4n) is 5.26. The Morgan fingerprint density at radius 3 is 2.55 bits per heavy atom. The number of aliphatic hydroxyl groups excluding tert-OH is 1. The lowest BCUT2D eigenvalue weighted by Gasteiger charge is -2.29. The van der Waals surface area contributed by atoms with E-state index in [1.165, 1.54) is 12.0 Å². The zero-order chi connectivity index (χ0) is 27.4. The summed E-state index contributed by atoms with van der Waals surface area (Å²) >= 11 is 0. The molecule has 2 saturated heterocycles. The van der Waals surface area contributed by atoms with Gasteiger partial charge in [-0.15, -0.1) is 0 Å². The average molecular weight is 526 g/mol. The molecule has 38 heavy (non-hydrogen) atoms. The van der Waals surface area contributed by atoms with Crippen molar-refractivity contribution < 1.29 is 33.7 Å². The molecule has 2 fully saturated rings. The van der Waals surface area contributed by atoms with Gasteiger partial charge in [-0.3, -0.25) is 14.5 Å². The van der Waals surface area contributed by atoms with Crippen LogP contribution in [0.5, 0.6) is 5.75 Å². The lowest BCUT2D eigenvalue weighted by atomic mass is 9.93. The van der Waals surface area contributed by atoms with Crippen LogP contribution in [-0.2, 0) is 19.1 Å².